The molecule has 0 atom stereocenters. The molecule has 1 rings (SSSR count). The van der Waals surface area contributed by atoms with Crippen LogP contribution < -0.4 is 11.1 Å². The largest absolute Gasteiger partial charge is 0.325 e. The number of amides is 1. The molecule has 3 N–H and O–H groups in total. The summed E-state index contributed by atoms with van der Waals surface area (Å²) in [6, 6.07) is 7.80. The number of carbonyl (C=O) groups excluding carboxylic acids is 1. The number of carbonyl (C=O) groups is 1. The lowest BCUT2D eigenvalue weighted by Gasteiger charge is -2.07. The fraction of sp³-hybridized carbons (Fsp3) is 0.364. The third-order valence-corrected chi connectivity index (χ3v) is 2.05. The summed E-state index contributed by atoms with van der Waals surface area (Å²) in [6.45, 7) is 4.28. The van der Waals surface area contributed by atoms with Crippen LogP contribution in [0.2, 0.25) is 0 Å². The second kappa shape index (κ2) is 4.77. The predicted molar refractivity (Wildman–Crippen MR) is 58.2 cm³/mol. The minimum Gasteiger partial charge on any atom is -0.325 e. The minimum atomic E-state index is -0.165. The van der Waals surface area contributed by atoms with E-state index >= 15 is 0 Å². The van der Waals surface area contributed by atoms with Crippen LogP contribution in [0.25, 0.3) is 0 Å². The molecule has 76 valence electrons. The first-order valence-electron chi connectivity index (χ1n) is 4.73. The summed E-state index contributed by atoms with van der Waals surface area (Å²) >= 11 is 0. The van der Waals surface area contributed by atoms with Gasteiger partial charge in [-0.25, -0.2) is 0 Å². The lowest BCUT2D eigenvalue weighted by atomic mass is 10.0. The third-order valence-electron chi connectivity index (χ3n) is 2.05. The van der Waals surface area contributed by atoms with Crippen molar-refractivity contribution in [1.29, 1.82) is 0 Å². The van der Waals surface area contributed by atoms with Gasteiger partial charge in [-0.3, -0.25) is 4.79 Å². The van der Waals surface area contributed by atoms with Crippen LogP contribution in [0, 0.1) is 0 Å². The molecular formula is C11H16N2O. The van der Waals surface area contributed by atoms with E-state index in [1.807, 2.05) is 24.3 Å². The van der Waals surface area contributed by atoms with E-state index in [1.54, 1.807) is 0 Å². The number of hydrogen-bond acceptors (Lipinski definition) is 2. The molecular weight excluding hydrogens is 176 g/mol. The highest BCUT2D eigenvalue weighted by Crippen LogP contribution is 2.16. The fourth-order valence-corrected chi connectivity index (χ4v) is 1.16. The molecule has 14 heavy (non-hydrogen) atoms. The number of rotatable bonds is 3. The monoisotopic (exact) mass is 192 g/mol. The Hall–Kier alpha value is -1.35. The van der Waals surface area contributed by atoms with Crippen LogP contribution in [0.3, 0.4) is 0 Å². The fourth-order valence-electron chi connectivity index (χ4n) is 1.16. The van der Waals surface area contributed by atoms with Crippen molar-refractivity contribution in [3.05, 3.63) is 29.8 Å². The second-order valence-corrected chi connectivity index (χ2v) is 3.53. The zero-order chi connectivity index (χ0) is 10.6. The molecule has 0 saturated carbocycles. The molecule has 1 aromatic carbocycles. The van der Waals surface area contributed by atoms with Crippen molar-refractivity contribution >= 4 is 11.6 Å². The summed E-state index contributed by atoms with van der Waals surface area (Å²) in [5.74, 6) is 0.344. The van der Waals surface area contributed by atoms with Crippen molar-refractivity contribution in [2.45, 2.75) is 19.8 Å². The van der Waals surface area contributed by atoms with Gasteiger partial charge in [0.05, 0.1) is 6.54 Å². The van der Waals surface area contributed by atoms with Gasteiger partial charge in [0.15, 0.2) is 0 Å². The summed E-state index contributed by atoms with van der Waals surface area (Å²) in [5.41, 5.74) is 7.24. The maximum atomic E-state index is 11.0. The van der Waals surface area contributed by atoms with Crippen LogP contribution in [0.5, 0.6) is 0 Å². The molecule has 0 bridgehead atoms. The Balaban J connectivity index is 2.69. The summed E-state index contributed by atoms with van der Waals surface area (Å²) in [4.78, 5) is 11.0. The molecule has 0 aliphatic rings. The highest BCUT2D eigenvalue weighted by molar-refractivity contribution is 5.92. The average molecular weight is 192 g/mol. The number of nitrogens with one attached hydrogen (secondary N) is 1. The van der Waals surface area contributed by atoms with Crippen molar-refractivity contribution in [2.75, 3.05) is 11.9 Å². The van der Waals surface area contributed by atoms with E-state index in [4.69, 9.17) is 5.73 Å². The van der Waals surface area contributed by atoms with Crippen LogP contribution in [0.15, 0.2) is 24.3 Å². The molecule has 0 aliphatic heterocycles. The quantitative estimate of drug-likeness (QED) is 0.766. The van der Waals surface area contributed by atoms with Crippen LogP contribution >= 0.6 is 0 Å². The lowest BCUT2D eigenvalue weighted by Crippen LogP contribution is -2.21. The summed E-state index contributed by atoms with van der Waals surface area (Å²) in [7, 11) is 0. The first-order valence-corrected chi connectivity index (χ1v) is 4.73. The summed E-state index contributed by atoms with van der Waals surface area (Å²) < 4.78 is 0. The average Bonchev–Trinajstić information content (AvgIpc) is 2.18. The van der Waals surface area contributed by atoms with Gasteiger partial charge in [0.2, 0.25) is 5.91 Å². The SMILES string of the molecule is CC(C)c1ccc(NC(=O)CN)cc1. The number of anilines is 1. The number of nitrogens with two attached hydrogens (primary N) is 1. The molecule has 3 nitrogen and oxygen atoms in total. The van der Waals surface area contributed by atoms with Gasteiger partial charge in [-0.2, -0.15) is 0 Å². The van der Waals surface area contributed by atoms with E-state index in [1.165, 1.54) is 5.56 Å². The highest BCUT2D eigenvalue weighted by Gasteiger charge is 2.00. The van der Waals surface area contributed by atoms with Gasteiger partial charge in [-0.05, 0) is 23.6 Å². The second-order valence-electron chi connectivity index (χ2n) is 3.53. The zero-order valence-corrected chi connectivity index (χ0v) is 8.58. The van der Waals surface area contributed by atoms with Crippen molar-refractivity contribution in [3.8, 4) is 0 Å². The van der Waals surface area contributed by atoms with Crippen LogP contribution in [-0.4, -0.2) is 12.5 Å². The normalized spacial score (nSPS) is 10.3. The first-order chi connectivity index (χ1) is 6.63. The Morgan fingerprint density at radius 1 is 1.36 bits per heavy atom. The maximum Gasteiger partial charge on any atom is 0.238 e. The van der Waals surface area contributed by atoms with Crippen molar-refractivity contribution in [2.24, 2.45) is 5.73 Å². The van der Waals surface area contributed by atoms with Crippen molar-refractivity contribution in [3.63, 3.8) is 0 Å². The van der Waals surface area contributed by atoms with Crippen LogP contribution in [-0.2, 0) is 4.79 Å². The number of benzene rings is 1. The Kier molecular flexibility index (Phi) is 3.65. The Bertz CT molecular complexity index is 304. The van der Waals surface area contributed by atoms with E-state index in [-0.39, 0.29) is 12.5 Å². The smallest absolute Gasteiger partial charge is 0.238 e. The molecule has 0 heterocycles. The number of hydrogen-bond donors (Lipinski definition) is 2. The van der Waals surface area contributed by atoms with Gasteiger partial charge in [-0.1, -0.05) is 26.0 Å². The van der Waals surface area contributed by atoms with E-state index in [9.17, 15) is 4.79 Å². The topological polar surface area (TPSA) is 55.1 Å². The molecule has 0 aliphatic carbocycles. The molecule has 0 radical (unpaired) electrons. The molecule has 1 amide bonds. The summed E-state index contributed by atoms with van der Waals surface area (Å²) in [6.07, 6.45) is 0. The predicted octanol–water partition coefficient (Wildman–Crippen LogP) is 1.71. The van der Waals surface area contributed by atoms with Gasteiger partial charge in [0, 0.05) is 5.69 Å². The van der Waals surface area contributed by atoms with E-state index in [0.717, 1.165) is 5.69 Å². The van der Waals surface area contributed by atoms with Gasteiger partial charge < -0.3 is 11.1 Å². The third kappa shape index (κ3) is 2.85. The molecule has 1 aromatic rings. The standard InChI is InChI=1S/C11H16N2O/c1-8(2)9-3-5-10(6-4-9)13-11(14)7-12/h3-6,8H,7,12H2,1-2H3,(H,13,14). The van der Waals surface area contributed by atoms with Crippen molar-refractivity contribution in [1.82, 2.24) is 0 Å². The van der Waals surface area contributed by atoms with Gasteiger partial charge >= 0.3 is 0 Å². The molecule has 0 saturated heterocycles. The molecule has 0 aromatic heterocycles. The minimum absolute atomic E-state index is 0.0198. The molecule has 0 spiro atoms. The van der Waals surface area contributed by atoms with E-state index in [2.05, 4.69) is 19.2 Å². The zero-order valence-electron chi connectivity index (χ0n) is 8.58. The Morgan fingerprint density at radius 2 is 1.93 bits per heavy atom. The Morgan fingerprint density at radius 3 is 2.36 bits per heavy atom. The van der Waals surface area contributed by atoms with Crippen LogP contribution in [0.1, 0.15) is 25.3 Å². The van der Waals surface area contributed by atoms with Gasteiger partial charge in [0.25, 0.3) is 0 Å². The van der Waals surface area contributed by atoms with E-state index < -0.39 is 0 Å². The van der Waals surface area contributed by atoms with E-state index in [0.29, 0.717) is 5.92 Å². The molecule has 0 unspecified atom stereocenters. The maximum absolute atomic E-state index is 11.0. The van der Waals surface area contributed by atoms with Gasteiger partial charge in [-0.15, -0.1) is 0 Å². The lowest BCUT2D eigenvalue weighted by molar-refractivity contribution is -0.114. The molecule has 0 fully saturated rings. The van der Waals surface area contributed by atoms with Crippen molar-refractivity contribution < 1.29 is 4.79 Å². The summed E-state index contributed by atoms with van der Waals surface area (Å²) in [5, 5.41) is 2.69. The van der Waals surface area contributed by atoms with Crippen LogP contribution in [0.4, 0.5) is 5.69 Å². The Labute approximate surface area is 84.3 Å². The molecule has 3 heteroatoms. The highest BCUT2D eigenvalue weighted by atomic mass is 16.1. The first kappa shape index (κ1) is 10.7. The van der Waals surface area contributed by atoms with Gasteiger partial charge in [0.1, 0.15) is 0 Å².